The summed E-state index contributed by atoms with van der Waals surface area (Å²) in [6, 6.07) is 0.282. The van der Waals surface area contributed by atoms with E-state index >= 15 is 0 Å². The molecule has 0 aliphatic heterocycles. The minimum Gasteiger partial charge on any atom is -0.463 e. The summed E-state index contributed by atoms with van der Waals surface area (Å²) >= 11 is 5.93. The first kappa shape index (κ1) is 16.2. The average molecular weight is 314 g/mol. The lowest BCUT2D eigenvalue weighted by atomic mass is 9.96. The van der Waals surface area contributed by atoms with E-state index in [0.29, 0.717) is 12.6 Å². The molecule has 0 unspecified atom stereocenters. The second-order valence-electron chi connectivity index (χ2n) is 5.74. The van der Waals surface area contributed by atoms with Crippen LogP contribution in [-0.2, 0) is 0 Å². The Hall–Kier alpha value is -1.14. The highest BCUT2D eigenvalue weighted by atomic mass is 35.5. The van der Waals surface area contributed by atoms with Crippen molar-refractivity contribution in [2.24, 2.45) is 0 Å². The number of likely N-dealkylation sites (N-methyl/N-ethyl adjacent to an activating group) is 1. The maximum absolute atomic E-state index is 5.93. The molecule has 1 aliphatic rings. The third-order valence-corrected chi connectivity index (χ3v) is 4.25. The van der Waals surface area contributed by atoms with E-state index in [4.69, 9.17) is 16.3 Å². The standard InChI is InChI=1S/C14H24ClN5O/c1-4-9-21-13-18-11(15)17-12(19-13)16-10-14(20(2)3)7-5-6-8-14/h4-10H2,1-3H3,(H,16,17,18,19). The van der Waals surface area contributed by atoms with Crippen LogP contribution in [0.2, 0.25) is 5.28 Å². The molecular weight excluding hydrogens is 290 g/mol. The topological polar surface area (TPSA) is 63.2 Å². The lowest BCUT2D eigenvalue weighted by Crippen LogP contribution is -2.47. The number of anilines is 1. The zero-order chi connectivity index (χ0) is 15.3. The molecule has 1 aromatic heterocycles. The quantitative estimate of drug-likeness (QED) is 0.835. The molecule has 0 spiro atoms. The fraction of sp³-hybridized carbons (Fsp3) is 0.786. The molecule has 21 heavy (non-hydrogen) atoms. The van der Waals surface area contributed by atoms with Gasteiger partial charge in [-0.2, -0.15) is 15.0 Å². The number of nitrogens with zero attached hydrogens (tertiary/aromatic N) is 4. The summed E-state index contributed by atoms with van der Waals surface area (Å²) in [6.07, 6.45) is 5.80. The van der Waals surface area contributed by atoms with Crippen molar-refractivity contribution in [3.05, 3.63) is 5.28 Å². The van der Waals surface area contributed by atoms with Crippen LogP contribution in [0.5, 0.6) is 6.01 Å². The average Bonchev–Trinajstić information content (AvgIpc) is 2.93. The van der Waals surface area contributed by atoms with Crippen molar-refractivity contribution in [1.82, 2.24) is 19.9 Å². The monoisotopic (exact) mass is 313 g/mol. The number of nitrogens with one attached hydrogen (secondary N) is 1. The summed E-state index contributed by atoms with van der Waals surface area (Å²) in [5.41, 5.74) is 0.170. The summed E-state index contributed by atoms with van der Waals surface area (Å²) in [6.45, 7) is 3.40. The molecule has 6 nitrogen and oxygen atoms in total. The van der Waals surface area contributed by atoms with E-state index in [-0.39, 0.29) is 16.8 Å². The van der Waals surface area contributed by atoms with E-state index in [2.05, 4.69) is 39.3 Å². The van der Waals surface area contributed by atoms with Crippen molar-refractivity contribution >= 4 is 17.5 Å². The molecule has 0 atom stereocenters. The van der Waals surface area contributed by atoms with Gasteiger partial charge in [0.1, 0.15) is 0 Å². The van der Waals surface area contributed by atoms with Crippen molar-refractivity contribution in [1.29, 1.82) is 0 Å². The van der Waals surface area contributed by atoms with Crippen LogP contribution < -0.4 is 10.1 Å². The van der Waals surface area contributed by atoms with E-state index in [1.165, 1.54) is 25.7 Å². The van der Waals surface area contributed by atoms with Crippen molar-refractivity contribution < 1.29 is 4.74 Å². The maximum Gasteiger partial charge on any atom is 0.322 e. The fourth-order valence-corrected chi connectivity index (χ4v) is 2.88. The Balaban J connectivity index is 2.03. The van der Waals surface area contributed by atoms with E-state index in [9.17, 15) is 0 Å². The van der Waals surface area contributed by atoms with Crippen LogP contribution in [0.15, 0.2) is 0 Å². The molecule has 7 heteroatoms. The Kier molecular flexibility index (Phi) is 5.58. The Morgan fingerprint density at radius 1 is 1.24 bits per heavy atom. The van der Waals surface area contributed by atoms with E-state index < -0.39 is 0 Å². The van der Waals surface area contributed by atoms with Crippen LogP contribution >= 0.6 is 11.6 Å². The minimum absolute atomic E-state index is 0.156. The van der Waals surface area contributed by atoms with Gasteiger partial charge >= 0.3 is 6.01 Å². The van der Waals surface area contributed by atoms with Crippen LogP contribution in [0, 0.1) is 0 Å². The molecule has 118 valence electrons. The molecule has 1 aromatic rings. The SMILES string of the molecule is CCCOc1nc(Cl)nc(NCC2(N(C)C)CCCC2)n1. The number of halogens is 1. The molecule has 1 saturated carbocycles. The normalized spacial score (nSPS) is 17.2. The predicted molar refractivity (Wildman–Crippen MR) is 84.0 cm³/mol. The van der Waals surface area contributed by atoms with Crippen LogP contribution in [0.4, 0.5) is 5.95 Å². The third-order valence-electron chi connectivity index (χ3n) is 4.08. The molecule has 0 radical (unpaired) electrons. The number of hydrogen-bond donors (Lipinski definition) is 1. The smallest absolute Gasteiger partial charge is 0.322 e. The predicted octanol–water partition coefficient (Wildman–Crippen LogP) is 2.60. The zero-order valence-corrected chi connectivity index (χ0v) is 13.8. The van der Waals surface area contributed by atoms with Gasteiger partial charge < -0.3 is 15.0 Å². The number of ether oxygens (including phenoxy) is 1. The van der Waals surface area contributed by atoms with Gasteiger partial charge in [0.2, 0.25) is 11.2 Å². The Morgan fingerprint density at radius 3 is 2.57 bits per heavy atom. The van der Waals surface area contributed by atoms with Crippen LogP contribution in [0.3, 0.4) is 0 Å². The number of aromatic nitrogens is 3. The van der Waals surface area contributed by atoms with Gasteiger partial charge in [0.15, 0.2) is 0 Å². The second-order valence-corrected chi connectivity index (χ2v) is 6.08. The largest absolute Gasteiger partial charge is 0.463 e. The molecule has 0 saturated heterocycles. The highest BCUT2D eigenvalue weighted by Gasteiger charge is 2.35. The van der Waals surface area contributed by atoms with Crippen molar-refractivity contribution in [2.75, 3.05) is 32.6 Å². The first-order valence-electron chi connectivity index (χ1n) is 7.51. The summed E-state index contributed by atoms with van der Waals surface area (Å²) in [7, 11) is 4.26. The van der Waals surface area contributed by atoms with E-state index in [0.717, 1.165) is 13.0 Å². The molecule has 1 N–H and O–H groups in total. The molecule has 1 aliphatic carbocycles. The Bertz CT molecular complexity index is 463. The summed E-state index contributed by atoms with van der Waals surface area (Å²) < 4.78 is 5.42. The first-order valence-corrected chi connectivity index (χ1v) is 7.89. The lowest BCUT2D eigenvalue weighted by molar-refractivity contribution is 0.172. The zero-order valence-electron chi connectivity index (χ0n) is 13.0. The molecule has 0 aromatic carbocycles. The van der Waals surface area contributed by atoms with Gasteiger partial charge in [-0.25, -0.2) is 0 Å². The highest BCUT2D eigenvalue weighted by Crippen LogP contribution is 2.33. The Morgan fingerprint density at radius 2 is 1.95 bits per heavy atom. The van der Waals surface area contributed by atoms with E-state index in [1.807, 2.05) is 6.92 Å². The summed E-state index contributed by atoms with van der Waals surface area (Å²) in [5.74, 6) is 0.481. The second kappa shape index (κ2) is 7.22. The van der Waals surface area contributed by atoms with Crippen molar-refractivity contribution in [2.45, 2.75) is 44.6 Å². The molecule has 0 amide bonds. The summed E-state index contributed by atoms with van der Waals surface area (Å²) in [5, 5.41) is 3.45. The van der Waals surface area contributed by atoms with Gasteiger partial charge in [0.05, 0.1) is 6.61 Å². The van der Waals surface area contributed by atoms with Gasteiger partial charge in [0, 0.05) is 12.1 Å². The molecule has 2 rings (SSSR count). The Labute approximate surface area is 131 Å². The fourth-order valence-electron chi connectivity index (χ4n) is 2.73. The highest BCUT2D eigenvalue weighted by molar-refractivity contribution is 6.28. The third kappa shape index (κ3) is 4.17. The van der Waals surface area contributed by atoms with Gasteiger partial charge in [-0.15, -0.1) is 0 Å². The number of hydrogen-bond acceptors (Lipinski definition) is 6. The molecule has 0 bridgehead atoms. The molecule has 1 fully saturated rings. The lowest BCUT2D eigenvalue weighted by Gasteiger charge is -2.36. The van der Waals surface area contributed by atoms with Crippen LogP contribution in [-0.4, -0.2) is 52.6 Å². The van der Waals surface area contributed by atoms with Crippen molar-refractivity contribution in [3.63, 3.8) is 0 Å². The van der Waals surface area contributed by atoms with Gasteiger partial charge in [-0.3, -0.25) is 0 Å². The van der Waals surface area contributed by atoms with Gasteiger partial charge in [-0.05, 0) is 45.0 Å². The van der Waals surface area contributed by atoms with Gasteiger partial charge in [0.25, 0.3) is 0 Å². The first-order chi connectivity index (χ1) is 10.1. The summed E-state index contributed by atoms with van der Waals surface area (Å²) in [4.78, 5) is 14.7. The van der Waals surface area contributed by atoms with E-state index in [1.54, 1.807) is 0 Å². The number of rotatable bonds is 7. The van der Waals surface area contributed by atoms with Crippen LogP contribution in [0.1, 0.15) is 39.0 Å². The van der Waals surface area contributed by atoms with Gasteiger partial charge in [-0.1, -0.05) is 19.8 Å². The van der Waals surface area contributed by atoms with Crippen LogP contribution in [0.25, 0.3) is 0 Å². The molecule has 1 heterocycles. The maximum atomic E-state index is 5.93. The minimum atomic E-state index is 0.156. The molecular formula is C14H24ClN5O. The van der Waals surface area contributed by atoms with Crippen molar-refractivity contribution in [3.8, 4) is 6.01 Å².